The summed E-state index contributed by atoms with van der Waals surface area (Å²) in [6, 6.07) is 29.1. The molecule has 5 nitrogen and oxygen atoms in total. The van der Waals surface area contributed by atoms with Crippen LogP contribution in [-0.4, -0.2) is 23.1 Å². The van der Waals surface area contributed by atoms with Crippen molar-refractivity contribution in [1.82, 2.24) is 4.90 Å². The number of nitrogens with zero attached hydrogens (tertiary/aromatic N) is 2. The van der Waals surface area contributed by atoms with Gasteiger partial charge in [0.15, 0.2) is 5.17 Å². The van der Waals surface area contributed by atoms with E-state index in [0.29, 0.717) is 28.2 Å². The number of hydrogen-bond acceptors (Lipinski definition) is 5. The number of benzene rings is 4. The van der Waals surface area contributed by atoms with Crippen LogP contribution < -0.4 is 9.47 Å². The third kappa shape index (κ3) is 7.02. The molecule has 0 bridgehead atoms. The van der Waals surface area contributed by atoms with Gasteiger partial charge in [0, 0.05) is 10.6 Å². The van der Waals surface area contributed by atoms with E-state index in [1.54, 1.807) is 12.0 Å². The molecule has 1 amide bonds. The molecule has 1 saturated heterocycles. The average molecular weight is 793 g/mol. The van der Waals surface area contributed by atoms with E-state index in [1.165, 1.54) is 11.8 Å². The lowest BCUT2D eigenvalue weighted by Crippen LogP contribution is -2.28. The molecule has 1 fully saturated rings. The van der Waals surface area contributed by atoms with Crippen LogP contribution in [0.2, 0.25) is 5.02 Å². The summed E-state index contributed by atoms with van der Waals surface area (Å²) in [5.41, 5.74) is 3.63. The molecular weight excluding hydrogens is 770 g/mol. The molecule has 1 heterocycles. The van der Waals surface area contributed by atoms with Crippen molar-refractivity contribution in [3.05, 3.63) is 125 Å². The molecule has 0 unspecified atom stereocenters. The molecule has 0 aliphatic carbocycles. The normalized spacial score (nSPS) is 15.2. The Kier molecular flexibility index (Phi) is 9.72. The van der Waals surface area contributed by atoms with Crippen LogP contribution in [0.3, 0.4) is 0 Å². The summed E-state index contributed by atoms with van der Waals surface area (Å²) in [6.07, 6.45) is 1.92. The van der Waals surface area contributed by atoms with Gasteiger partial charge in [-0.3, -0.25) is 9.69 Å². The fourth-order valence-electron chi connectivity index (χ4n) is 3.97. The van der Waals surface area contributed by atoms with Crippen molar-refractivity contribution in [3.63, 3.8) is 0 Å². The summed E-state index contributed by atoms with van der Waals surface area (Å²) in [5, 5.41) is 1.32. The van der Waals surface area contributed by atoms with Crippen molar-refractivity contribution in [2.75, 3.05) is 7.11 Å². The Bertz CT molecular complexity index is 1570. The second-order valence-electron chi connectivity index (χ2n) is 8.77. The molecule has 0 spiro atoms. The summed E-state index contributed by atoms with van der Waals surface area (Å²) in [5.74, 6) is 1.48. The SMILES string of the molecule is COc1ccc(CN2C(=O)C(=Cc3cc(I)c(OCc4ccccc4Cl)c(I)c3)SC2=Nc2ccccc2)cc1. The van der Waals surface area contributed by atoms with Crippen LogP contribution in [0.1, 0.15) is 16.7 Å². The monoisotopic (exact) mass is 792 g/mol. The lowest BCUT2D eigenvalue weighted by atomic mass is 10.2. The van der Waals surface area contributed by atoms with E-state index in [4.69, 9.17) is 26.1 Å². The number of amidine groups is 1. The first-order valence-electron chi connectivity index (χ1n) is 12.2. The first-order chi connectivity index (χ1) is 19.4. The van der Waals surface area contributed by atoms with Gasteiger partial charge in [0.05, 0.1) is 31.4 Å². The number of aliphatic imine (C=N–C) groups is 1. The standard InChI is InChI=1S/C31H23ClI2N2O3S/c1-38-24-13-11-20(12-14-24)18-36-30(37)28(40-31(36)35-23-8-3-2-4-9-23)17-21-15-26(33)29(27(34)16-21)39-19-22-7-5-6-10-25(22)32/h2-17H,18-19H2,1H3. The van der Waals surface area contributed by atoms with Gasteiger partial charge in [0.1, 0.15) is 18.1 Å². The summed E-state index contributed by atoms with van der Waals surface area (Å²) in [7, 11) is 1.64. The number of rotatable bonds is 8. The predicted octanol–water partition coefficient (Wildman–Crippen LogP) is 8.94. The molecule has 4 aromatic carbocycles. The molecule has 0 saturated carbocycles. The number of halogens is 3. The van der Waals surface area contributed by atoms with Gasteiger partial charge in [-0.2, -0.15) is 0 Å². The maximum Gasteiger partial charge on any atom is 0.267 e. The van der Waals surface area contributed by atoms with Gasteiger partial charge >= 0.3 is 0 Å². The lowest BCUT2D eigenvalue weighted by Gasteiger charge is -2.16. The van der Waals surface area contributed by atoms with Gasteiger partial charge < -0.3 is 9.47 Å². The van der Waals surface area contributed by atoms with Gasteiger partial charge in [0.2, 0.25) is 0 Å². The maximum absolute atomic E-state index is 13.7. The lowest BCUT2D eigenvalue weighted by molar-refractivity contribution is -0.122. The van der Waals surface area contributed by atoms with Gasteiger partial charge in [-0.1, -0.05) is 60.1 Å². The highest BCUT2D eigenvalue weighted by atomic mass is 127. The molecule has 0 radical (unpaired) electrons. The number of carbonyl (C=O) groups is 1. The molecule has 9 heteroatoms. The van der Waals surface area contributed by atoms with Crippen LogP contribution in [0, 0.1) is 7.14 Å². The van der Waals surface area contributed by atoms with Crippen LogP contribution in [0.5, 0.6) is 11.5 Å². The van der Waals surface area contributed by atoms with Crippen LogP contribution in [0.4, 0.5) is 5.69 Å². The predicted molar refractivity (Wildman–Crippen MR) is 180 cm³/mol. The number of ether oxygens (including phenoxy) is 2. The number of carbonyl (C=O) groups excluding carboxylic acids is 1. The molecule has 1 aliphatic heterocycles. The second-order valence-corrected chi connectivity index (χ2v) is 12.5. The molecule has 202 valence electrons. The molecule has 0 atom stereocenters. The zero-order chi connectivity index (χ0) is 28.1. The van der Waals surface area contributed by atoms with E-state index in [0.717, 1.165) is 41.0 Å². The van der Waals surface area contributed by atoms with E-state index in [2.05, 4.69) is 45.2 Å². The zero-order valence-corrected chi connectivity index (χ0v) is 27.2. The van der Waals surface area contributed by atoms with E-state index < -0.39 is 0 Å². The summed E-state index contributed by atoms with van der Waals surface area (Å²) in [4.78, 5) is 20.8. The van der Waals surface area contributed by atoms with Gasteiger partial charge in [-0.25, -0.2) is 4.99 Å². The molecule has 4 aromatic rings. The fraction of sp³-hybridized carbons (Fsp3) is 0.0968. The van der Waals surface area contributed by atoms with Crippen LogP contribution in [-0.2, 0) is 17.9 Å². The molecular formula is C31H23ClI2N2O3S. The highest BCUT2D eigenvalue weighted by Gasteiger charge is 2.33. The molecule has 40 heavy (non-hydrogen) atoms. The number of hydrogen-bond donors (Lipinski definition) is 0. The van der Waals surface area contributed by atoms with Crippen LogP contribution in [0.25, 0.3) is 6.08 Å². The van der Waals surface area contributed by atoms with Gasteiger partial charge in [-0.15, -0.1) is 0 Å². The second kappa shape index (κ2) is 13.4. The zero-order valence-electron chi connectivity index (χ0n) is 21.3. The van der Waals surface area contributed by atoms with Crippen molar-refractivity contribution in [3.8, 4) is 11.5 Å². The minimum Gasteiger partial charge on any atom is -0.497 e. The Labute approximate surface area is 269 Å². The topological polar surface area (TPSA) is 51.1 Å². The fourth-order valence-corrected chi connectivity index (χ4v) is 7.29. The van der Waals surface area contributed by atoms with E-state index in [9.17, 15) is 4.79 Å². The molecule has 0 N–H and O–H groups in total. The highest BCUT2D eigenvalue weighted by molar-refractivity contribution is 14.1. The van der Waals surface area contributed by atoms with Crippen molar-refractivity contribution in [2.24, 2.45) is 4.99 Å². The minimum absolute atomic E-state index is 0.0837. The summed E-state index contributed by atoms with van der Waals surface area (Å²) >= 11 is 12.2. The highest BCUT2D eigenvalue weighted by Crippen LogP contribution is 2.37. The van der Waals surface area contributed by atoms with Crippen molar-refractivity contribution in [1.29, 1.82) is 0 Å². The Morgan fingerprint density at radius 3 is 2.30 bits per heavy atom. The molecule has 0 aromatic heterocycles. The number of thioether (sulfide) groups is 1. The quantitative estimate of drug-likeness (QED) is 0.132. The first kappa shape index (κ1) is 29.0. The van der Waals surface area contributed by atoms with Crippen LogP contribution >= 0.6 is 68.5 Å². The molecule has 5 rings (SSSR count). The Morgan fingerprint density at radius 1 is 0.950 bits per heavy atom. The van der Waals surface area contributed by atoms with Gasteiger partial charge in [0.25, 0.3) is 5.91 Å². The largest absolute Gasteiger partial charge is 0.497 e. The summed E-state index contributed by atoms with van der Waals surface area (Å²) in [6.45, 7) is 0.781. The maximum atomic E-state index is 13.7. The average Bonchev–Trinajstić information content (AvgIpc) is 3.23. The number of amides is 1. The molecule has 1 aliphatic rings. The third-order valence-electron chi connectivity index (χ3n) is 6.02. The Morgan fingerprint density at radius 2 is 1.62 bits per heavy atom. The van der Waals surface area contributed by atoms with E-state index in [1.807, 2.05) is 97.1 Å². The minimum atomic E-state index is -0.0837. The Balaban J connectivity index is 1.41. The number of para-hydroxylation sites is 1. The number of methoxy groups -OCH3 is 1. The van der Waals surface area contributed by atoms with Gasteiger partial charge in [-0.05, 0) is 117 Å². The smallest absolute Gasteiger partial charge is 0.267 e. The van der Waals surface area contributed by atoms with Crippen molar-refractivity contribution in [2.45, 2.75) is 13.2 Å². The van der Waals surface area contributed by atoms with Crippen molar-refractivity contribution >= 4 is 91.4 Å². The first-order valence-corrected chi connectivity index (χ1v) is 15.6. The third-order valence-corrected chi connectivity index (χ3v) is 8.99. The van der Waals surface area contributed by atoms with E-state index >= 15 is 0 Å². The summed E-state index contributed by atoms with van der Waals surface area (Å²) < 4.78 is 13.3. The van der Waals surface area contributed by atoms with E-state index in [-0.39, 0.29) is 5.91 Å². The van der Waals surface area contributed by atoms with Crippen LogP contribution in [0.15, 0.2) is 101 Å². The van der Waals surface area contributed by atoms with Crippen molar-refractivity contribution < 1.29 is 14.3 Å². The Hall–Kier alpha value is -2.54.